The van der Waals surface area contributed by atoms with Crippen LogP contribution in [0.25, 0.3) is 0 Å². The number of rotatable bonds is 4. The largest absolute Gasteiger partial charge is 0.497 e. The van der Waals surface area contributed by atoms with E-state index in [2.05, 4.69) is 11.0 Å². The molecule has 0 aromatic heterocycles. The zero-order valence-corrected chi connectivity index (χ0v) is 11.4. The molecule has 1 aliphatic rings. The summed E-state index contributed by atoms with van der Waals surface area (Å²) in [5.41, 5.74) is 7.33. The molecule has 0 radical (unpaired) electrons. The molecule has 0 unspecified atom stereocenters. The van der Waals surface area contributed by atoms with Gasteiger partial charge in [0.05, 0.1) is 18.4 Å². The van der Waals surface area contributed by atoms with Crippen LogP contribution < -0.4 is 15.4 Å². The third-order valence-corrected chi connectivity index (χ3v) is 3.86. The Balaban J connectivity index is 2.12. The summed E-state index contributed by atoms with van der Waals surface area (Å²) < 4.78 is 5.25. The van der Waals surface area contributed by atoms with Gasteiger partial charge in [0.2, 0.25) is 0 Å². The molecule has 1 saturated heterocycles. The third-order valence-electron chi connectivity index (χ3n) is 3.86. The molecule has 0 spiro atoms. The summed E-state index contributed by atoms with van der Waals surface area (Å²) >= 11 is 0. The number of ether oxygens (including phenoxy) is 1. The van der Waals surface area contributed by atoms with E-state index < -0.39 is 0 Å². The fraction of sp³-hybridized carbons (Fsp3) is 0.533. The zero-order valence-electron chi connectivity index (χ0n) is 11.4. The number of anilines is 1. The molecular weight excluding hydrogens is 238 g/mol. The Morgan fingerprint density at radius 2 is 2.16 bits per heavy atom. The molecule has 4 nitrogen and oxygen atoms in total. The van der Waals surface area contributed by atoms with Crippen molar-refractivity contribution >= 4 is 5.69 Å². The molecule has 1 aliphatic heterocycles. The Morgan fingerprint density at radius 1 is 1.42 bits per heavy atom. The lowest BCUT2D eigenvalue weighted by molar-refractivity contribution is 0.385. The Hall–Kier alpha value is -1.73. The summed E-state index contributed by atoms with van der Waals surface area (Å²) in [5.74, 6) is 1.54. The molecule has 19 heavy (non-hydrogen) atoms. The Kier molecular flexibility index (Phi) is 4.64. The van der Waals surface area contributed by atoms with Gasteiger partial charge in [-0.2, -0.15) is 5.26 Å². The highest BCUT2D eigenvalue weighted by atomic mass is 16.5. The van der Waals surface area contributed by atoms with Gasteiger partial charge < -0.3 is 15.4 Å². The molecule has 102 valence electrons. The summed E-state index contributed by atoms with van der Waals surface area (Å²) in [7, 11) is 1.65. The van der Waals surface area contributed by atoms with Crippen molar-refractivity contribution < 1.29 is 4.74 Å². The van der Waals surface area contributed by atoms with E-state index in [-0.39, 0.29) is 0 Å². The van der Waals surface area contributed by atoms with Crippen molar-refractivity contribution in [2.24, 2.45) is 11.7 Å². The predicted molar refractivity (Wildman–Crippen MR) is 76.3 cm³/mol. The van der Waals surface area contributed by atoms with Crippen molar-refractivity contribution in [3.63, 3.8) is 0 Å². The van der Waals surface area contributed by atoms with Gasteiger partial charge in [-0.1, -0.05) is 0 Å². The van der Waals surface area contributed by atoms with Crippen molar-refractivity contribution in [3.8, 4) is 11.8 Å². The first kappa shape index (κ1) is 13.7. The van der Waals surface area contributed by atoms with Crippen LogP contribution in [0.15, 0.2) is 18.2 Å². The third kappa shape index (κ3) is 3.18. The molecule has 1 aromatic carbocycles. The maximum absolute atomic E-state index is 9.21. The van der Waals surface area contributed by atoms with Crippen LogP contribution in [0.3, 0.4) is 0 Å². The molecule has 0 amide bonds. The molecule has 0 aliphatic carbocycles. The van der Waals surface area contributed by atoms with Gasteiger partial charge in [0.25, 0.3) is 0 Å². The second-order valence-corrected chi connectivity index (χ2v) is 5.00. The number of benzene rings is 1. The predicted octanol–water partition coefficient (Wildman–Crippen LogP) is 2.13. The van der Waals surface area contributed by atoms with Crippen molar-refractivity contribution in [3.05, 3.63) is 23.8 Å². The Bertz CT molecular complexity index is 459. The number of nitriles is 1. The van der Waals surface area contributed by atoms with E-state index in [0.717, 1.165) is 61.8 Å². The molecular formula is C15H21N3O. The molecule has 1 fully saturated rings. The van der Waals surface area contributed by atoms with Crippen LogP contribution >= 0.6 is 0 Å². The SMILES string of the molecule is COc1ccc(C#N)c(N2CCC(CCN)CC2)c1. The van der Waals surface area contributed by atoms with E-state index in [4.69, 9.17) is 10.5 Å². The van der Waals surface area contributed by atoms with Gasteiger partial charge in [-0.25, -0.2) is 0 Å². The number of nitrogens with zero attached hydrogens (tertiary/aromatic N) is 2. The van der Waals surface area contributed by atoms with Crippen molar-refractivity contribution in [2.75, 3.05) is 31.6 Å². The van der Waals surface area contributed by atoms with Crippen LogP contribution in [0.4, 0.5) is 5.69 Å². The Labute approximate surface area is 114 Å². The zero-order chi connectivity index (χ0) is 13.7. The fourth-order valence-corrected chi connectivity index (χ4v) is 2.69. The first-order valence-electron chi connectivity index (χ1n) is 6.81. The lowest BCUT2D eigenvalue weighted by atomic mass is 9.93. The molecule has 1 aromatic rings. The number of nitrogens with two attached hydrogens (primary N) is 1. The van der Waals surface area contributed by atoms with Crippen molar-refractivity contribution in [2.45, 2.75) is 19.3 Å². The van der Waals surface area contributed by atoms with Crippen LogP contribution in [-0.2, 0) is 0 Å². The summed E-state index contributed by atoms with van der Waals surface area (Å²) in [6, 6.07) is 7.89. The molecule has 0 atom stereocenters. The van der Waals surface area contributed by atoms with E-state index in [1.165, 1.54) is 0 Å². The van der Waals surface area contributed by atoms with Crippen LogP contribution in [0.2, 0.25) is 0 Å². The van der Waals surface area contributed by atoms with E-state index in [1.807, 2.05) is 18.2 Å². The maximum Gasteiger partial charge on any atom is 0.121 e. The average Bonchev–Trinajstić information content (AvgIpc) is 2.47. The number of piperidine rings is 1. The summed E-state index contributed by atoms with van der Waals surface area (Å²) in [6.07, 6.45) is 3.41. The Morgan fingerprint density at radius 3 is 2.74 bits per heavy atom. The van der Waals surface area contributed by atoms with Gasteiger partial charge in [0.15, 0.2) is 0 Å². The highest BCUT2D eigenvalue weighted by Crippen LogP contribution is 2.30. The van der Waals surface area contributed by atoms with Crippen LogP contribution in [0.5, 0.6) is 5.75 Å². The standard InChI is InChI=1S/C15H21N3O/c1-19-14-3-2-13(11-17)15(10-14)18-8-5-12(4-7-16)6-9-18/h2-3,10,12H,4-9,16H2,1H3. The first-order chi connectivity index (χ1) is 9.28. The van der Waals surface area contributed by atoms with Crippen LogP contribution in [0.1, 0.15) is 24.8 Å². The van der Waals surface area contributed by atoms with Gasteiger partial charge in [-0.3, -0.25) is 0 Å². The van der Waals surface area contributed by atoms with E-state index >= 15 is 0 Å². The van der Waals surface area contributed by atoms with E-state index in [0.29, 0.717) is 0 Å². The molecule has 1 heterocycles. The van der Waals surface area contributed by atoms with Crippen LogP contribution in [0, 0.1) is 17.2 Å². The van der Waals surface area contributed by atoms with Gasteiger partial charge in [0.1, 0.15) is 11.8 Å². The normalized spacial score (nSPS) is 16.2. The number of methoxy groups -OCH3 is 1. The smallest absolute Gasteiger partial charge is 0.121 e. The average molecular weight is 259 g/mol. The monoisotopic (exact) mass is 259 g/mol. The van der Waals surface area contributed by atoms with Gasteiger partial charge in [-0.05, 0) is 43.9 Å². The minimum atomic E-state index is 0.720. The highest BCUT2D eigenvalue weighted by molar-refractivity contribution is 5.62. The van der Waals surface area contributed by atoms with Crippen molar-refractivity contribution in [1.29, 1.82) is 5.26 Å². The van der Waals surface area contributed by atoms with E-state index in [1.54, 1.807) is 7.11 Å². The molecule has 2 rings (SSSR count). The van der Waals surface area contributed by atoms with Gasteiger partial charge in [0, 0.05) is 19.2 Å². The summed E-state index contributed by atoms with van der Waals surface area (Å²) in [4.78, 5) is 2.29. The number of hydrogen-bond acceptors (Lipinski definition) is 4. The molecule has 0 bridgehead atoms. The van der Waals surface area contributed by atoms with Crippen molar-refractivity contribution in [1.82, 2.24) is 0 Å². The molecule has 0 saturated carbocycles. The summed E-state index contributed by atoms with van der Waals surface area (Å²) in [5, 5.41) is 9.21. The van der Waals surface area contributed by atoms with Gasteiger partial charge >= 0.3 is 0 Å². The highest BCUT2D eigenvalue weighted by Gasteiger charge is 2.21. The fourth-order valence-electron chi connectivity index (χ4n) is 2.69. The minimum absolute atomic E-state index is 0.720. The van der Waals surface area contributed by atoms with Crippen LogP contribution in [-0.4, -0.2) is 26.7 Å². The summed E-state index contributed by atoms with van der Waals surface area (Å²) in [6.45, 7) is 2.76. The lowest BCUT2D eigenvalue weighted by Gasteiger charge is -2.34. The molecule has 4 heteroatoms. The maximum atomic E-state index is 9.21. The second-order valence-electron chi connectivity index (χ2n) is 5.00. The lowest BCUT2D eigenvalue weighted by Crippen LogP contribution is -2.34. The molecule has 2 N–H and O–H groups in total. The number of hydrogen-bond donors (Lipinski definition) is 1. The second kappa shape index (κ2) is 6.44. The minimum Gasteiger partial charge on any atom is -0.497 e. The van der Waals surface area contributed by atoms with E-state index in [9.17, 15) is 5.26 Å². The van der Waals surface area contributed by atoms with Gasteiger partial charge in [-0.15, -0.1) is 0 Å². The topological polar surface area (TPSA) is 62.3 Å². The quantitative estimate of drug-likeness (QED) is 0.899. The first-order valence-corrected chi connectivity index (χ1v) is 6.81.